The van der Waals surface area contributed by atoms with E-state index in [1.165, 1.54) is 10.9 Å². The Balaban J connectivity index is 2.53. The molecule has 72 valence electrons. The Labute approximate surface area is 92.3 Å². The number of halogens is 1. The van der Waals surface area contributed by atoms with Gasteiger partial charge in [-0.15, -0.1) is 0 Å². The molecule has 1 aromatic heterocycles. The van der Waals surface area contributed by atoms with Crippen LogP contribution in [0, 0.1) is 0 Å². The first-order valence-corrected chi connectivity index (χ1v) is 5.65. The lowest BCUT2D eigenvalue weighted by molar-refractivity contribution is 0.966. The topological polar surface area (TPSA) is 12.9 Å². The molecule has 14 heavy (non-hydrogen) atoms. The molecule has 0 saturated heterocycles. The van der Waals surface area contributed by atoms with E-state index in [-0.39, 0.29) is 0 Å². The van der Waals surface area contributed by atoms with Gasteiger partial charge in [0.05, 0.1) is 5.52 Å². The largest absolute Gasteiger partial charge is 0.256 e. The summed E-state index contributed by atoms with van der Waals surface area (Å²) in [5.41, 5.74) is 2.44. The Kier molecular flexibility index (Phi) is 2.82. The number of alkyl halides is 1. The van der Waals surface area contributed by atoms with Crippen molar-refractivity contribution >= 4 is 26.8 Å². The van der Waals surface area contributed by atoms with E-state index >= 15 is 0 Å². The van der Waals surface area contributed by atoms with Gasteiger partial charge >= 0.3 is 0 Å². The molecule has 1 aromatic carbocycles. The lowest BCUT2D eigenvalue weighted by Crippen LogP contribution is -1.97. The maximum Gasteiger partial charge on any atom is 0.0704 e. The van der Waals surface area contributed by atoms with Crippen LogP contribution in [0.5, 0.6) is 0 Å². The minimum Gasteiger partial charge on any atom is -0.256 e. The van der Waals surface area contributed by atoms with E-state index in [1.807, 2.05) is 12.3 Å². The van der Waals surface area contributed by atoms with E-state index in [2.05, 4.69) is 52.1 Å². The van der Waals surface area contributed by atoms with Gasteiger partial charge in [0.25, 0.3) is 0 Å². The lowest BCUT2D eigenvalue weighted by Gasteiger charge is -2.06. The second-order valence-electron chi connectivity index (χ2n) is 3.47. The normalized spacial score (nSPS) is 13.0. The first-order valence-electron chi connectivity index (χ1n) is 4.74. The molecular formula is C12H12BrN. The van der Waals surface area contributed by atoms with Crippen LogP contribution < -0.4 is 0 Å². The second kappa shape index (κ2) is 4.09. The Morgan fingerprint density at radius 3 is 2.86 bits per heavy atom. The van der Waals surface area contributed by atoms with Crippen LogP contribution in [-0.4, -0.2) is 9.81 Å². The summed E-state index contributed by atoms with van der Waals surface area (Å²) in [5.74, 6) is 0. The summed E-state index contributed by atoms with van der Waals surface area (Å²) in [5, 5.41) is 1.27. The van der Waals surface area contributed by atoms with Crippen LogP contribution in [0.3, 0.4) is 0 Å². The zero-order chi connectivity index (χ0) is 9.97. The second-order valence-corrected chi connectivity index (χ2v) is 5.04. The van der Waals surface area contributed by atoms with Crippen molar-refractivity contribution in [1.29, 1.82) is 0 Å². The highest BCUT2D eigenvalue weighted by molar-refractivity contribution is 9.09. The molecular weight excluding hydrogens is 238 g/mol. The fourth-order valence-corrected chi connectivity index (χ4v) is 1.98. The van der Waals surface area contributed by atoms with Crippen molar-refractivity contribution in [1.82, 2.24) is 4.98 Å². The predicted octanol–water partition coefficient (Wildman–Crippen LogP) is 3.56. The van der Waals surface area contributed by atoms with Crippen molar-refractivity contribution in [2.75, 3.05) is 0 Å². The summed E-state index contributed by atoms with van der Waals surface area (Å²) in [7, 11) is 0. The number of nitrogens with zero attached hydrogens (tertiary/aromatic N) is 1. The highest BCUT2D eigenvalue weighted by Gasteiger charge is 2.03. The van der Waals surface area contributed by atoms with Crippen molar-refractivity contribution in [3.05, 3.63) is 42.1 Å². The Morgan fingerprint density at radius 2 is 2.07 bits per heavy atom. The van der Waals surface area contributed by atoms with Gasteiger partial charge in [-0.1, -0.05) is 41.1 Å². The van der Waals surface area contributed by atoms with Crippen molar-refractivity contribution in [3.8, 4) is 0 Å². The van der Waals surface area contributed by atoms with Crippen LogP contribution in [0.2, 0.25) is 0 Å². The molecule has 1 heterocycles. The van der Waals surface area contributed by atoms with Gasteiger partial charge in [-0.3, -0.25) is 4.98 Å². The van der Waals surface area contributed by atoms with Crippen molar-refractivity contribution in [2.24, 2.45) is 0 Å². The number of hydrogen-bond acceptors (Lipinski definition) is 1. The van der Waals surface area contributed by atoms with Crippen LogP contribution in [0.25, 0.3) is 10.9 Å². The fourth-order valence-electron chi connectivity index (χ4n) is 1.64. The van der Waals surface area contributed by atoms with Gasteiger partial charge in [0.1, 0.15) is 0 Å². The maximum absolute atomic E-state index is 4.33. The molecule has 0 radical (unpaired) electrons. The van der Waals surface area contributed by atoms with Crippen molar-refractivity contribution in [2.45, 2.75) is 18.2 Å². The third-order valence-electron chi connectivity index (χ3n) is 2.24. The zero-order valence-electron chi connectivity index (χ0n) is 8.07. The molecule has 0 fully saturated rings. The molecule has 1 nitrogen and oxygen atoms in total. The van der Waals surface area contributed by atoms with Gasteiger partial charge in [0, 0.05) is 16.4 Å². The summed E-state index contributed by atoms with van der Waals surface area (Å²) in [6, 6.07) is 10.4. The first kappa shape index (κ1) is 9.66. The van der Waals surface area contributed by atoms with Crippen LogP contribution in [0.4, 0.5) is 0 Å². The minimum absolute atomic E-state index is 0.508. The molecule has 2 heteroatoms. The third-order valence-corrected chi connectivity index (χ3v) is 2.56. The Morgan fingerprint density at radius 1 is 1.29 bits per heavy atom. The molecule has 0 amide bonds. The smallest absolute Gasteiger partial charge is 0.0704 e. The van der Waals surface area contributed by atoms with Gasteiger partial charge < -0.3 is 0 Å². The molecule has 1 atom stereocenters. The van der Waals surface area contributed by atoms with Crippen LogP contribution >= 0.6 is 15.9 Å². The van der Waals surface area contributed by atoms with E-state index in [0.29, 0.717) is 4.83 Å². The maximum atomic E-state index is 4.33. The predicted molar refractivity (Wildman–Crippen MR) is 63.8 cm³/mol. The molecule has 0 aliphatic carbocycles. The van der Waals surface area contributed by atoms with Crippen LogP contribution in [0.1, 0.15) is 12.5 Å². The number of pyridine rings is 1. The number of para-hydroxylation sites is 1. The number of fused-ring (bicyclic) bond motifs is 1. The zero-order valence-corrected chi connectivity index (χ0v) is 9.66. The number of rotatable bonds is 2. The Hall–Kier alpha value is -0.890. The number of aromatic nitrogens is 1. The summed E-state index contributed by atoms with van der Waals surface area (Å²) >= 11 is 3.58. The van der Waals surface area contributed by atoms with Gasteiger partial charge in [0.15, 0.2) is 0 Å². The average Bonchev–Trinajstić information content (AvgIpc) is 2.18. The third kappa shape index (κ3) is 1.95. The van der Waals surface area contributed by atoms with Gasteiger partial charge in [-0.2, -0.15) is 0 Å². The molecule has 0 N–H and O–H groups in total. The van der Waals surface area contributed by atoms with Crippen molar-refractivity contribution in [3.63, 3.8) is 0 Å². The average molecular weight is 250 g/mol. The standard InChI is InChI=1S/C12H12BrN/c1-9(13)8-10-6-7-14-12-5-3-2-4-11(10)12/h2-7,9H,8H2,1H3. The van der Waals surface area contributed by atoms with Gasteiger partial charge in [-0.05, 0) is 24.1 Å². The summed E-state index contributed by atoms with van der Waals surface area (Å²) < 4.78 is 0. The molecule has 0 aliphatic rings. The monoisotopic (exact) mass is 249 g/mol. The van der Waals surface area contributed by atoms with E-state index in [4.69, 9.17) is 0 Å². The highest BCUT2D eigenvalue weighted by atomic mass is 79.9. The first-order chi connectivity index (χ1) is 6.77. The van der Waals surface area contributed by atoms with Gasteiger partial charge in [0.2, 0.25) is 0 Å². The molecule has 0 aliphatic heterocycles. The molecule has 0 saturated carbocycles. The van der Waals surface area contributed by atoms with Crippen molar-refractivity contribution < 1.29 is 0 Å². The summed E-state index contributed by atoms with van der Waals surface area (Å²) in [6.07, 6.45) is 2.93. The van der Waals surface area contributed by atoms with E-state index in [1.54, 1.807) is 0 Å². The van der Waals surface area contributed by atoms with E-state index in [9.17, 15) is 0 Å². The molecule has 1 unspecified atom stereocenters. The number of hydrogen-bond donors (Lipinski definition) is 0. The minimum atomic E-state index is 0.508. The fraction of sp³-hybridized carbons (Fsp3) is 0.250. The van der Waals surface area contributed by atoms with Crippen LogP contribution in [0.15, 0.2) is 36.5 Å². The SMILES string of the molecule is CC(Br)Cc1ccnc2ccccc12. The highest BCUT2D eigenvalue weighted by Crippen LogP contribution is 2.19. The van der Waals surface area contributed by atoms with Gasteiger partial charge in [-0.25, -0.2) is 0 Å². The quantitative estimate of drug-likeness (QED) is 0.742. The van der Waals surface area contributed by atoms with Crippen LogP contribution in [-0.2, 0) is 6.42 Å². The molecule has 2 aromatic rings. The Bertz CT molecular complexity index is 432. The summed E-state index contributed by atoms with van der Waals surface area (Å²) in [4.78, 5) is 4.84. The lowest BCUT2D eigenvalue weighted by atomic mass is 10.1. The number of benzene rings is 1. The van der Waals surface area contributed by atoms with E-state index in [0.717, 1.165) is 11.9 Å². The molecule has 0 bridgehead atoms. The molecule has 2 rings (SSSR count). The van der Waals surface area contributed by atoms with E-state index < -0.39 is 0 Å². The summed E-state index contributed by atoms with van der Waals surface area (Å²) in [6.45, 7) is 2.16. The molecule has 0 spiro atoms.